The highest BCUT2D eigenvalue weighted by Crippen LogP contribution is 2.32. The molecule has 0 N–H and O–H groups in total. The minimum Gasteiger partial charge on any atom is -0.456 e. The molecule has 134 valence electrons. The molecule has 0 saturated heterocycles. The van der Waals surface area contributed by atoms with Crippen molar-refractivity contribution in [2.24, 2.45) is 0 Å². The van der Waals surface area contributed by atoms with Gasteiger partial charge in [0.25, 0.3) is 0 Å². The lowest BCUT2D eigenvalue weighted by atomic mass is 10.0. The summed E-state index contributed by atoms with van der Waals surface area (Å²) in [5, 5.41) is 4.71. The Morgan fingerprint density at radius 1 is 0.536 bits per heavy atom. The highest BCUT2D eigenvalue weighted by molar-refractivity contribution is 6.06. The topological polar surface area (TPSA) is 26.3 Å². The van der Waals surface area contributed by atoms with E-state index in [0.29, 0.717) is 0 Å². The fourth-order valence-corrected chi connectivity index (χ4v) is 4.16. The Bertz CT molecular complexity index is 1500. The van der Waals surface area contributed by atoms with Crippen LogP contribution in [0.5, 0.6) is 0 Å². The van der Waals surface area contributed by atoms with Crippen LogP contribution in [0.1, 0.15) is 16.7 Å². The van der Waals surface area contributed by atoms with E-state index in [0.717, 1.165) is 28.8 Å². The molecular weight excluding hydrogens is 344 g/mol. The summed E-state index contributed by atoms with van der Waals surface area (Å²) >= 11 is 0. The number of fused-ring (bicyclic) bond motifs is 6. The van der Waals surface area contributed by atoms with Crippen molar-refractivity contribution in [2.45, 2.75) is 13.3 Å². The number of hydrogen-bond acceptors (Lipinski definition) is 2. The van der Waals surface area contributed by atoms with E-state index in [-0.39, 0.29) is 0 Å². The first-order chi connectivity index (χ1) is 13.7. The monoisotopic (exact) mass is 362 g/mol. The van der Waals surface area contributed by atoms with Gasteiger partial charge in [-0.3, -0.25) is 0 Å². The maximum absolute atomic E-state index is 6.09. The van der Waals surface area contributed by atoms with Gasteiger partial charge in [-0.2, -0.15) is 0 Å². The van der Waals surface area contributed by atoms with Crippen LogP contribution in [0.25, 0.3) is 43.9 Å². The summed E-state index contributed by atoms with van der Waals surface area (Å²) in [6, 6.07) is 27.6. The van der Waals surface area contributed by atoms with Gasteiger partial charge in [-0.25, -0.2) is 0 Å². The number of hydrogen-bond donors (Lipinski definition) is 0. The molecule has 4 aromatic carbocycles. The second kappa shape index (κ2) is 5.74. The van der Waals surface area contributed by atoms with Gasteiger partial charge in [0, 0.05) is 21.5 Å². The largest absolute Gasteiger partial charge is 0.456 e. The summed E-state index contributed by atoms with van der Waals surface area (Å²) in [6.07, 6.45) is 0.863. The molecule has 0 saturated carbocycles. The Hall–Kier alpha value is -3.52. The van der Waals surface area contributed by atoms with Gasteiger partial charge >= 0.3 is 0 Å². The van der Waals surface area contributed by atoms with Gasteiger partial charge in [0.05, 0.1) is 0 Å². The van der Waals surface area contributed by atoms with Crippen LogP contribution in [-0.2, 0) is 6.42 Å². The van der Waals surface area contributed by atoms with Crippen molar-refractivity contribution in [3.05, 3.63) is 95.6 Å². The highest BCUT2D eigenvalue weighted by Gasteiger charge is 2.10. The zero-order chi connectivity index (χ0) is 18.7. The Labute approximate surface area is 162 Å². The lowest BCUT2D eigenvalue weighted by Gasteiger charge is -2.03. The number of aryl methyl sites for hydroxylation is 1. The van der Waals surface area contributed by atoms with Gasteiger partial charge in [0.2, 0.25) is 0 Å². The summed E-state index contributed by atoms with van der Waals surface area (Å²) in [5.74, 6) is 0. The molecule has 6 rings (SSSR count). The molecule has 6 aromatic rings. The Morgan fingerprint density at radius 3 is 2.11 bits per heavy atom. The van der Waals surface area contributed by atoms with E-state index in [1.165, 1.54) is 38.2 Å². The van der Waals surface area contributed by atoms with Crippen molar-refractivity contribution in [1.82, 2.24) is 0 Å². The lowest BCUT2D eigenvalue weighted by Crippen LogP contribution is -1.87. The van der Waals surface area contributed by atoms with E-state index < -0.39 is 0 Å². The zero-order valence-corrected chi connectivity index (χ0v) is 15.5. The maximum Gasteiger partial charge on any atom is 0.135 e. The molecule has 0 amide bonds. The Morgan fingerprint density at radius 2 is 1.18 bits per heavy atom. The van der Waals surface area contributed by atoms with Crippen LogP contribution >= 0.6 is 0 Å². The average Bonchev–Trinajstić information content (AvgIpc) is 3.25. The van der Waals surface area contributed by atoms with E-state index in [9.17, 15) is 0 Å². The Balaban J connectivity index is 1.43. The number of rotatable bonds is 2. The zero-order valence-electron chi connectivity index (χ0n) is 15.5. The van der Waals surface area contributed by atoms with Gasteiger partial charge in [-0.05, 0) is 60.9 Å². The maximum atomic E-state index is 6.09. The minimum atomic E-state index is 0.863. The van der Waals surface area contributed by atoms with E-state index >= 15 is 0 Å². The number of benzene rings is 4. The minimum absolute atomic E-state index is 0.863. The first-order valence-electron chi connectivity index (χ1n) is 9.57. The van der Waals surface area contributed by atoms with Gasteiger partial charge in [0.15, 0.2) is 0 Å². The average molecular weight is 362 g/mol. The van der Waals surface area contributed by atoms with Crippen LogP contribution in [0.4, 0.5) is 0 Å². The second-order valence-corrected chi connectivity index (χ2v) is 7.54. The summed E-state index contributed by atoms with van der Waals surface area (Å²) in [4.78, 5) is 0. The van der Waals surface area contributed by atoms with E-state index in [1.807, 2.05) is 12.1 Å². The molecule has 2 heteroatoms. The van der Waals surface area contributed by atoms with Crippen LogP contribution in [0.3, 0.4) is 0 Å². The van der Waals surface area contributed by atoms with Gasteiger partial charge in [-0.1, -0.05) is 48.0 Å². The molecule has 0 spiro atoms. The molecule has 2 aromatic heterocycles. The van der Waals surface area contributed by atoms with Crippen LogP contribution in [0, 0.1) is 6.92 Å². The van der Waals surface area contributed by atoms with Crippen LogP contribution in [-0.4, -0.2) is 0 Å². The molecule has 2 heterocycles. The van der Waals surface area contributed by atoms with Gasteiger partial charge < -0.3 is 8.83 Å². The Kier molecular flexibility index (Phi) is 3.18. The molecule has 0 bridgehead atoms. The summed E-state index contributed by atoms with van der Waals surface area (Å²) in [5.41, 5.74) is 7.54. The normalized spacial score (nSPS) is 11.9. The molecule has 28 heavy (non-hydrogen) atoms. The van der Waals surface area contributed by atoms with Crippen molar-refractivity contribution in [3.63, 3.8) is 0 Å². The summed E-state index contributed by atoms with van der Waals surface area (Å²) < 4.78 is 12.0. The van der Waals surface area contributed by atoms with Crippen LogP contribution in [0.15, 0.2) is 87.7 Å². The fraction of sp³-hybridized carbons (Fsp3) is 0.0769. The predicted molar refractivity (Wildman–Crippen MR) is 115 cm³/mol. The number of furan rings is 2. The van der Waals surface area contributed by atoms with Crippen LogP contribution < -0.4 is 0 Å². The van der Waals surface area contributed by atoms with Gasteiger partial charge in [0.1, 0.15) is 22.3 Å². The van der Waals surface area contributed by atoms with Crippen molar-refractivity contribution in [2.75, 3.05) is 0 Å². The molecule has 0 fully saturated rings. The quantitative estimate of drug-likeness (QED) is 0.321. The third-order valence-electron chi connectivity index (χ3n) is 5.54. The summed E-state index contributed by atoms with van der Waals surface area (Å²) in [6.45, 7) is 2.11. The SMILES string of the molecule is Cc1ccc2oc3cc(Cc4ccc5oc6ccccc6c5c4)ccc3c2c1. The molecule has 0 radical (unpaired) electrons. The predicted octanol–water partition coefficient (Wildman–Crippen LogP) is 7.38. The molecule has 2 nitrogen and oxygen atoms in total. The van der Waals surface area contributed by atoms with Crippen molar-refractivity contribution >= 4 is 43.9 Å². The summed E-state index contributed by atoms with van der Waals surface area (Å²) in [7, 11) is 0. The van der Waals surface area contributed by atoms with Gasteiger partial charge in [-0.15, -0.1) is 0 Å². The molecule has 0 aliphatic rings. The van der Waals surface area contributed by atoms with Crippen molar-refractivity contribution < 1.29 is 8.83 Å². The first kappa shape index (κ1) is 15.5. The first-order valence-corrected chi connectivity index (χ1v) is 9.57. The highest BCUT2D eigenvalue weighted by atomic mass is 16.3. The molecule has 0 atom stereocenters. The smallest absolute Gasteiger partial charge is 0.135 e. The number of para-hydroxylation sites is 1. The van der Waals surface area contributed by atoms with E-state index in [1.54, 1.807) is 0 Å². The van der Waals surface area contributed by atoms with Crippen LogP contribution in [0.2, 0.25) is 0 Å². The fourth-order valence-electron chi connectivity index (χ4n) is 4.16. The van der Waals surface area contributed by atoms with E-state index in [2.05, 4.69) is 73.7 Å². The second-order valence-electron chi connectivity index (χ2n) is 7.54. The molecule has 0 aliphatic heterocycles. The molecular formula is C26H18O2. The lowest BCUT2D eigenvalue weighted by molar-refractivity contribution is 0.667. The van der Waals surface area contributed by atoms with Crippen molar-refractivity contribution in [1.29, 1.82) is 0 Å². The van der Waals surface area contributed by atoms with E-state index in [4.69, 9.17) is 8.83 Å². The third-order valence-corrected chi connectivity index (χ3v) is 5.54. The van der Waals surface area contributed by atoms with Crippen molar-refractivity contribution in [3.8, 4) is 0 Å². The standard InChI is InChI=1S/C26H18O2/c1-16-6-10-24-21(12-16)20-9-7-18(15-26(20)28-24)13-17-8-11-25-22(14-17)19-4-2-3-5-23(19)27-25/h2-12,14-15H,13H2,1H3. The third kappa shape index (κ3) is 2.35. The molecule has 0 unspecified atom stereocenters. The molecule has 0 aliphatic carbocycles.